The normalized spacial score (nSPS) is 12.9. The summed E-state index contributed by atoms with van der Waals surface area (Å²) < 4.78 is 28.9. The van der Waals surface area contributed by atoms with Gasteiger partial charge < -0.3 is 9.47 Å². The van der Waals surface area contributed by atoms with E-state index < -0.39 is 13.5 Å². The van der Waals surface area contributed by atoms with Gasteiger partial charge in [-0.1, -0.05) is 27.7 Å². The molecule has 0 bridgehead atoms. The third kappa shape index (κ3) is 4.54. The lowest BCUT2D eigenvalue weighted by Crippen LogP contribution is -2.39. The predicted octanol–water partition coefficient (Wildman–Crippen LogP) is 3.22. The fourth-order valence-electron chi connectivity index (χ4n) is 2.23. The van der Waals surface area contributed by atoms with E-state index in [-0.39, 0.29) is 0 Å². The summed E-state index contributed by atoms with van der Waals surface area (Å²) in [6, 6.07) is -0.665. The molecule has 0 radical (unpaired) electrons. The predicted molar refractivity (Wildman–Crippen MR) is 80.5 cm³/mol. The van der Waals surface area contributed by atoms with Crippen molar-refractivity contribution in [3.8, 4) is 0 Å². The molecule has 0 aromatic heterocycles. The summed E-state index contributed by atoms with van der Waals surface area (Å²) in [5.41, 5.74) is 0. The molecule has 116 valence electrons. The number of ether oxygens (including phenoxy) is 2. The van der Waals surface area contributed by atoms with Gasteiger partial charge in [0.2, 0.25) is 6.03 Å². The average Bonchev–Trinajstić information content (AvgIpc) is 2.41. The van der Waals surface area contributed by atoms with Crippen LogP contribution in [-0.2, 0) is 14.0 Å². The Morgan fingerprint density at radius 3 is 1.32 bits per heavy atom. The van der Waals surface area contributed by atoms with Crippen molar-refractivity contribution in [1.29, 1.82) is 0 Å². The van der Waals surface area contributed by atoms with Gasteiger partial charge in [-0.2, -0.15) is 0 Å². The zero-order chi connectivity index (χ0) is 14.9. The topological polar surface area (TPSA) is 42.0 Å². The molecule has 0 fully saturated rings. The van der Waals surface area contributed by atoms with E-state index in [1.165, 1.54) is 0 Å². The molecular weight excluding hydrogens is 263 g/mol. The molecule has 0 atom stereocenters. The molecule has 0 unspecified atom stereocenters. The van der Waals surface area contributed by atoms with E-state index in [4.69, 9.17) is 9.47 Å². The van der Waals surface area contributed by atoms with Crippen LogP contribution in [0.15, 0.2) is 0 Å². The van der Waals surface area contributed by atoms with Crippen molar-refractivity contribution in [2.45, 2.75) is 47.6 Å². The molecule has 0 saturated carbocycles. The molecule has 5 nitrogen and oxygen atoms in total. The maximum absolute atomic E-state index is 13.6. The molecule has 0 aliphatic rings. The Balaban J connectivity index is 5.48. The van der Waals surface area contributed by atoms with Crippen molar-refractivity contribution in [3.63, 3.8) is 0 Å². The van der Waals surface area contributed by atoms with Gasteiger partial charge in [-0.3, -0.25) is 4.57 Å². The summed E-state index contributed by atoms with van der Waals surface area (Å²) in [6.45, 7) is 15.8. The van der Waals surface area contributed by atoms with E-state index in [0.717, 1.165) is 26.2 Å². The first-order valence-electron chi connectivity index (χ1n) is 7.40. The molecule has 0 aliphatic carbocycles. The minimum Gasteiger partial charge on any atom is -0.344 e. The quantitative estimate of drug-likeness (QED) is 0.432. The summed E-state index contributed by atoms with van der Waals surface area (Å²) in [5.74, 6) is 0. The highest BCUT2D eigenvalue weighted by Gasteiger charge is 2.43. The summed E-state index contributed by atoms with van der Waals surface area (Å²) >= 11 is 0. The number of nitrogens with zero attached hydrogens (tertiary/aromatic N) is 2. The minimum absolute atomic E-state index is 0.497. The highest BCUT2D eigenvalue weighted by atomic mass is 31.2. The first kappa shape index (κ1) is 19.1. The van der Waals surface area contributed by atoms with Crippen molar-refractivity contribution in [2.75, 3.05) is 39.4 Å². The molecule has 0 N–H and O–H groups in total. The van der Waals surface area contributed by atoms with Crippen molar-refractivity contribution in [3.05, 3.63) is 0 Å². The van der Waals surface area contributed by atoms with Gasteiger partial charge in [0.15, 0.2) is 0 Å². The fourth-order valence-corrected chi connectivity index (χ4v) is 5.43. The maximum atomic E-state index is 13.6. The van der Waals surface area contributed by atoms with Gasteiger partial charge in [0.05, 0.1) is 0 Å². The van der Waals surface area contributed by atoms with Crippen LogP contribution in [0.2, 0.25) is 0 Å². The van der Waals surface area contributed by atoms with Crippen LogP contribution in [-0.4, -0.2) is 54.8 Å². The second kappa shape index (κ2) is 9.89. The molecule has 0 rings (SSSR count). The van der Waals surface area contributed by atoms with Gasteiger partial charge in [-0.25, -0.2) is 9.34 Å². The summed E-state index contributed by atoms with van der Waals surface area (Å²) in [5, 5.41) is 0. The fraction of sp³-hybridized carbons (Fsp3) is 1.00. The highest BCUT2D eigenvalue weighted by molar-refractivity contribution is 7.59. The number of hydrogen-bond acceptors (Lipinski definition) is 3. The minimum atomic E-state index is -2.86. The molecule has 0 aliphatic heterocycles. The van der Waals surface area contributed by atoms with Gasteiger partial charge >= 0.3 is 0 Å². The van der Waals surface area contributed by atoms with E-state index in [9.17, 15) is 4.57 Å². The zero-order valence-corrected chi connectivity index (χ0v) is 14.3. The first-order chi connectivity index (χ1) is 9.06. The third-order valence-corrected chi connectivity index (χ3v) is 6.76. The van der Waals surface area contributed by atoms with E-state index in [1.54, 1.807) is 0 Å². The summed E-state index contributed by atoms with van der Waals surface area (Å²) in [4.78, 5) is 0. The van der Waals surface area contributed by atoms with Crippen LogP contribution < -0.4 is 0 Å². The Kier molecular flexibility index (Phi) is 9.93. The molecule has 0 spiro atoms. The largest absolute Gasteiger partial charge is 0.344 e. The Bertz CT molecular complexity index is 247. The maximum Gasteiger partial charge on any atom is 0.271 e. The van der Waals surface area contributed by atoms with Gasteiger partial charge in [-0.05, 0) is 13.8 Å². The van der Waals surface area contributed by atoms with Gasteiger partial charge in [0.25, 0.3) is 7.44 Å². The Morgan fingerprint density at radius 1 is 0.789 bits per heavy atom. The lowest BCUT2D eigenvalue weighted by Gasteiger charge is -2.41. The van der Waals surface area contributed by atoms with Crippen molar-refractivity contribution < 1.29 is 14.0 Å². The van der Waals surface area contributed by atoms with Gasteiger partial charge in [0.1, 0.15) is 0 Å². The summed E-state index contributed by atoms with van der Waals surface area (Å²) in [7, 11) is -2.86. The molecule has 6 heteroatoms. The van der Waals surface area contributed by atoms with Gasteiger partial charge in [0, 0.05) is 39.4 Å². The Labute approximate surface area is 118 Å². The lowest BCUT2D eigenvalue weighted by atomic mass is 10.7. The van der Waals surface area contributed by atoms with Crippen LogP contribution in [0.25, 0.3) is 0 Å². The number of rotatable bonds is 11. The second-order valence-electron chi connectivity index (χ2n) is 4.08. The van der Waals surface area contributed by atoms with Crippen LogP contribution in [0.1, 0.15) is 41.5 Å². The van der Waals surface area contributed by atoms with Crippen LogP contribution in [0.5, 0.6) is 0 Å². The molecule has 19 heavy (non-hydrogen) atoms. The Morgan fingerprint density at radius 2 is 1.11 bits per heavy atom. The SMILES string of the molecule is CCOC(OCC)P(=O)(N(CC)CC)N(CC)CC. The molecule has 0 heterocycles. The highest BCUT2D eigenvalue weighted by Crippen LogP contribution is 2.57. The summed E-state index contributed by atoms with van der Waals surface area (Å²) in [6.07, 6.45) is 0. The monoisotopic (exact) mass is 294 g/mol. The zero-order valence-electron chi connectivity index (χ0n) is 13.4. The Hall–Kier alpha value is 0.0700. The number of hydrogen-bond donors (Lipinski definition) is 0. The van der Waals surface area contributed by atoms with Crippen molar-refractivity contribution in [1.82, 2.24) is 9.34 Å². The molecule has 0 aromatic carbocycles. The van der Waals surface area contributed by atoms with Crippen molar-refractivity contribution >= 4 is 7.44 Å². The first-order valence-corrected chi connectivity index (χ1v) is 9.08. The van der Waals surface area contributed by atoms with Crippen LogP contribution in [0, 0.1) is 0 Å². The standard InChI is InChI=1S/C13H31N2O3P/c1-7-14(8-2)19(16,15(9-3)10-4)13(17-11-5)18-12-6/h13H,7-12H2,1-6H3. The van der Waals surface area contributed by atoms with Crippen LogP contribution >= 0.6 is 7.44 Å². The van der Waals surface area contributed by atoms with E-state index in [0.29, 0.717) is 13.2 Å². The molecule has 0 amide bonds. The molecule has 0 saturated heterocycles. The van der Waals surface area contributed by atoms with Crippen LogP contribution in [0.3, 0.4) is 0 Å². The van der Waals surface area contributed by atoms with Gasteiger partial charge in [-0.15, -0.1) is 0 Å². The van der Waals surface area contributed by atoms with Crippen LogP contribution in [0.4, 0.5) is 0 Å². The average molecular weight is 294 g/mol. The smallest absolute Gasteiger partial charge is 0.271 e. The molecule has 0 aromatic rings. The van der Waals surface area contributed by atoms with E-state index in [2.05, 4.69) is 0 Å². The van der Waals surface area contributed by atoms with Crippen molar-refractivity contribution in [2.24, 2.45) is 0 Å². The third-order valence-electron chi connectivity index (χ3n) is 3.16. The molecular formula is C13H31N2O3P. The van der Waals surface area contributed by atoms with E-state index in [1.807, 2.05) is 50.9 Å². The lowest BCUT2D eigenvalue weighted by molar-refractivity contribution is -0.0894. The van der Waals surface area contributed by atoms with E-state index >= 15 is 0 Å². The second-order valence-corrected chi connectivity index (χ2v) is 6.82.